The first kappa shape index (κ1) is 116. The first-order valence-electron chi connectivity index (χ1n) is 43.9. The van der Waals surface area contributed by atoms with Gasteiger partial charge in [0.1, 0.15) is 48.9 Å². The van der Waals surface area contributed by atoms with Crippen molar-refractivity contribution in [1.29, 1.82) is 0 Å². The summed E-state index contributed by atoms with van der Waals surface area (Å²) in [4.78, 5) is 166. The number of halogens is 4. The quantitative estimate of drug-likeness (QED) is 0.00898. The van der Waals surface area contributed by atoms with Crippen LogP contribution in [0.1, 0.15) is 170 Å². The number of imide groups is 2. The summed E-state index contributed by atoms with van der Waals surface area (Å²) in [5.41, 5.74) is 11.5. The molecule has 0 saturated heterocycles. The Morgan fingerprint density at radius 2 is 0.782 bits per heavy atom. The summed E-state index contributed by atoms with van der Waals surface area (Å²) in [5.74, 6) is -5.09. The van der Waals surface area contributed by atoms with Crippen LogP contribution in [0.15, 0.2) is 146 Å². The molecule has 29 nitrogen and oxygen atoms in total. The fraction of sp³-hybridized carbons (Fsp3) is 0.367. The molecule has 0 fully saturated rings. The van der Waals surface area contributed by atoms with Gasteiger partial charge in [-0.25, -0.2) is 19.2 Å². The summed E-state index contributed by atoms with van der Waals surface area (Å²) in [6.45, 7) is 21.5. The summed E-state index contributed by atoms with van der Waals surface area (Å²) in [7, 11) is 0. The molecule has 0 aromatic heterocycles. The van der Waals surface area contributed by atoms with Gasteiger partial charge >= 0.3 is 195 Å². The molecule has 0 radical (unpaired) electrons. The van der Waals surface area contributed by atoms with Gasteiger partial charge in [0.25, 0.3) is 23.6 Å². The van der Waals surface area contributed by atoms with E-state index in [4.69, 9.17) is 69.5 Å². The Bertz CT molecular complexity index is 5270. The van der Waals surface area contributed by atoms with E-state index in [0.717, 1.165) is 101 Å². The molecular weight excluding hydrogens is 1870 g/mol. The van der Waals surface area contributed by atoms with Crippen molar-refractivity contribution in [2.75, 3.05) is 107 Å². The first-order chi connectivity index (χ1) is 63.3. The minimum atomic E-state index is -4.64. The normalized spacial score (nSPS) is 11.4. The van der Waals surface area contributed by atoms with Crippen molar-refractivity contribution in [2.45, 2.75) is 126 Å². The number of hydrogen-bond acceptors (Lipinski definition) is 27. The number of nitrogens with one attached hydrogen (secondary N) is 1. The van der Waals surface area contributed by atoms with Gasteiger partial charge in [-0.05, 0) is 210 Å². The number of amides is 4. The zero-order valence-corrected chi connectivity index (χ0v) is 92.4. The van der Waals surface area contributed by atoms with E-state index in [1.165, 1.54) is 19.6 Å². The zero-order chi connectivity index (χ0) is 98.1. The number of carbonyl (C=O) groups is 13. The van der Waals surface area contributed by atoms with Gasteiger partial charge in [0.05, 0.1) is 75.2 Å². The predicted octanol–water partition coefficient (Wildman–Crippen LogP) is 9.59. The number of benzene rings is 8. The third-order valence-corrected chi connectivity index (χ3v) is 160. The molecule has 3 N–H and O–H groups in total. The Kier molecular flexibility index (Phi) is 52.5. The maximum absolute atomic E-state index is 13.8. The third-order valence-electron chi connectivity index (χ3n) is 19.4. The van der Waals surface area contributed by atoms with Crippen molar-refractivity contribution in [1.82, 2.24) is 9.80 Å². The van der Waals surface area contributed by atoms with E-state index in [1.807, 2.05) is 24.3 Å². The molecule has 0 atom stereocenters. The van der Waals surface area contributed by atoms with Crippen LogP contribution < -0.4 is 30.3 Å². The van der Waals surface area contributed by atoms with Crippen LogP contribution in [0, 0.1) is 0 Å². The molecule has 10 rings (SSSR count). The number of hydrogen-bond donors (Lipinski definition) is 2. The van der Waals surface area contributed by atoms with Gasteiger partial charge < -0.3 is 71.1 Å². The fourth-order valence-electron chi connectivity index (χ4n) is 13.6. The average Bonchev–Trinajstić information content (AvgIpc) is 0.742. The van der Waals surface area contributed by atoms with Gasteiger partial charge in [-0.3, -0.25) is 53.0 Å². The molecule has 8 aromatic carbocycles. The predicted molar refractivity (Wildman–Crippen MR) is 509 cm³/mol. The van der Waals surface area contributed by atoms with E-state index in [-0.39, 0.29) is 106 Å². The number of anilines is 3. The van der Waals surface area contributed by atoms with Crippen LogP contribution in [0.4, 0.5) is 30.2 Å². The number of nitrogens with two attached hydrogens (primary N) is 1. The van der Waals surface area contributed by atoms with E-state index in [0.29, 0.717) is 135 Å². The summed E-state index contributed by atoms with van der Waals surface area (Å²) in [5, 5.41) is 6.48. The van der Waals surface area contributed by atoms with Crippen LogP contribution in [0.5, 0.6) is 11.5 Å². The molecule has 678 valence electrons. The molecule has 8 aromatic rings. The Morgan fingerprint density at radius 1 is 0.451 bits per heavy atom. The van der Waals surface area contributed by atoms with Gasteiger partial charge in [0, 0.05) is 61.1 Å². The standard InChI is InChI=1S/C44H49N3O11.C24H20ClNO4.C20H30N2O7.C2HF3O.10Mg.2H/c1-7-54-37(48)25-46(26-38(49)55-8-2)35-20-15-28(23-36(35)57-27-39(50)56-9-3)21-22-45-34-19-18-33-40-31(34)11-10-12-32(40)41(51)47(42(33)52)24-29-13-16-30(17-14-29)43(53)58-44(4,5)6;1-24(2,3)30-23(29)15-9-7-14(8-10-15)13-26-21(27)17-6-4-5-16-19(25)12-11-18(20(16)17)22(26)28;1-4-26-18(23)12-22(13-19(24)27-5-2)16-8-7-15(9-10-21)11-17(16)29-14-20(25)28-6-3;3-2(4,5)1-6;;;;;;;;;;;;/h10-20,23,45H,7-9,21-22,24-27H2,1-6H3;4-12H,13H2,1-3H3;7-8,11H,4-6,9-10,12-14,21H2,1-3H3;1H;;;;;;;;;;;;/q;;;;;;;;;;;;2*+1;2*-1. The summed E-state index contributed by atoms with van der Waals surface area (Å²) < 4.78 is 83.8. The molecule has 2 aliphatic rings. The third kappa shape index (κ3) is 39.4. The second kappa shape index (κ2) is 60.0. The molecule has 0 spiro atoms. The summed E-state index contributed by atoms with van der Waals surface area (Å²) >= 11 is 17.6. The molecule has 0 unspecified atom stereocenters. The van der Waals surface area contributed by atoms with Crippen LogP contribution in [0.25, 0.3) is 21.5 Å². The van der Waals surface area contributed by atoms with E-state index >= 15 is 0 Å². The van der Waals surface area contributed by atoms with E-state index in [1.54, 1.807) is 204 Å². The molecule has 0 saturated carbocycles. The Morgan fingerprint density at radius 3 is 1.14 bits per heavy atom. The molecule has 2 heterocycles. The van der Waals surface area contributed by atoms with Crippen molar-refractivity contribution < 1.29 is 126 Å². The molecule has 133 heavy (non-hydrogen) atoms. The number of aldehydes is 1. The SMILES string of the molecule is CC(C)(C)OC(=O)c1ccc(CN2C(=O)c3cccc4c(Cl)ccc(c34)C2=O)cc1.CCOC(=O)COc1cc(CCN)ccc1N(CC(=O)OCC)CC(=O)OCC.CCOC(=O)COc1cc(CCNc2ccc3c4c(cccc24)C(=O)N(Cc2ccc(C(=O)OC(C)(C)C)cc2)C3=O)ccc1N(CC(=O)OCC)CC(=O)OCC.O=CC(F)(F)F.[H-].[H-].[Mg+][Mg][Mg][Mg][Mg][Mg][Mg][Mg][Mg][Mg+]. The first-order valence-corrected chi connectivity index (χ1v) is 80.3. The van der Waals surface area contributed by atoms with Gasteiger partial charge in [-0.1, -0.05) is 72.3 Å². The van der Waals surface area contributed by atoms with Crippen molar-refractivity contribution in [2.24, 2.45) is 5.73 Å². The number of ether oxygens (including phenoxy) is 10. The molecule has 4 amide bonds. The number of rotatable bonds is 41. The fourth-order valence-corrected chi connectivity index (χ4v) is 270. The second-order valence-corrected chi connectivity index (χ2v) is 106. The van der Waals surface area contributed by atoms with Crippen LogP contribution in [-0.2, 0) is 97.4 Å². The molecular formula is C90H102ClF3Mg10N6O23. The van der Waals surface area contributed by atoms with Crippen molar-refractivity contribution >= 4 is 268 Å². The zero-order valence-electron chi connectivity index (χ0n) is 79.5. The maximum atomic E-state index is 13.8. The van der Waals surface area contributed by atoms with Gasteiger partial charge in [-0.2, -0.15) is 13.2 Å². The van der Waals surface area contributed by atoms with Gasteiger partial charge in [0.2, 0.25) is 6.29 Å². The Balaban J connectivity index is 0.000000415. The second-order valence-electron chi connectivity index (χ2n) is 31.9. The Labute approximate surface area is 850 Å². The monoisotopic (exact) mass is 1970 g/mol. The summed E-state index contributed by atoms with van der Waals surface area (Å²) in [6, 6.07) is 41.3. The van der Waals surface area contributed by atoms with Gasteiger partial charge in [0.15, 0.2) is 13.2 Å². The summed E-state index contributed by atoms with van der Waals surface area (Å²) in [6.07, 6.45) is -4.62. The Hall–Kier alpha value is -5.31. The molecule has 2 aliphatic heterocycles. The number of alkyl halides is 3. The van der Waals surface area contributed by atoms with Crippen molar-refractivity contribution in [3.8, 4) is 11.5 Å². The van der Waals surface area contributed by atoms with Crippen LogP contribution in [-0.4, -0.2) is 338 Å². The van der Waals surface area contributed by atoms with E-state index < -0.39 is 89.8 Å². The van der Waals surface area contributed by atoms with Crippen LogP contribution in [0.3, 0.4) is 0 Å². The minimum absolute atomic E-state index is 0. The number of carbonyl (C=O) groups excluding carboxylic acids is 13. The van der Waals surface area contributed by atoms with Crippen LogP contribution in [0.2, 0.25) is 5.02 Å². The average molecular weight is 1970 g/mol. The van der Waals surface area contributed by atoms with E-state index in [9.17, 15) is 70.7 Å². The van der Waals surface area contributed by atoms with Gasteiger partial charge in [-0.15, -0.1) is 0 Å². The molecule has 0 bridgehead atoms. The van der Waals surface area contributed by atoms with Crippen LogP contribution >= 0.6 is 11.6 Å². The molecule has 43 heteroatoms. The number of esters is 8. The van der Waals surface area contributed by atoms with Crippen molar-refractivity contribution in [3.05, 3.63) is 206 Å². The van der Waals surface area contributed by atoms with E-state index in [2.05, 4.69) is 41.4 Å². The number of nitrogens with zero attached hydrogens (tertiary/aromatic N) is 4. The van der Waals surface area contributed by atoms with Crippen molar-refractivity contribution in [3.63, 3.8) is 0 Å². The molecule has 0 aliphatic carbocycles. The topological polar surface area (TPSA) is 365 Å².